The standard InChI is InChI=1S/C17H28N2O/c1-13(2)9-15(10-19(3)4)18-17-12-20-11-14-7-5-6-8-16(14)17/h5-8,13,15,17-18H,9-12H2,1-4H3. The van der Waals surface area contributed by atoms with Crippen molar-refractivity contribution < 1.29 is 4.74 Å². The number of likely N-dealkylation sites (N-methyl/N-ethyl adjacent to an activating group) is 1. The van der Waals surface area contributed by atoms with Gasteiger partial charge in [0.1, 0.15) is 0 Å². The Morgan fingerprint density at radius 1 is 1.30 bits per heavy atom. The van der Waals surface area contributed by atoms with E-state index in [1.165, 1.54) is 17.5 Å². The molecule has 1 heterocycles. The second-order valence-electron chi connectivity index (χ2n) is 6.52. The normalized spacial score (nSPS) is 20.2. The lowest BCUT2D eigenvalue weighted by Gasteiger charge is -2.32. The van der Waals surface area contributed by atoms with Crippen LogP contribution in [0.1, 0.15) is 37.4 Å². The van der Waals surface area contributed by atoms with Gasteiger partial charge in [-0.2, -0.15) is 0 Å². The number of rotatable bonds is 6. The van der Waals surface area contributed by atoms with E-state index >= 15 is 0 Å². The minimum Gasteiger partial charge on any atom is -0.375 e. The Labute approximate surface area is 123 Å². The van der Waals surface area contributed by atoms with Gasteiger partial charge in [0.25, 0.3) is 0 Å². The number of fused-ring (bicyclic) bond motifs is 1. The zero-order valence-electron chi connectivity index (χ0n) is 13.2. The first-order valence-electron chi connectivity index (χ1n) is 7.62. The Hall–Kier alpha value is -0.900. The minimum atomic E-state index is 0.323. The topological polar surface area (TPSA) is 24.5 Å². The van der Waals surface area contributed by atoms with Crippen LogP contribution in [0.25, 0.3) is 0 Å². The van der Waals surface area contributed by atoms with E-state index in [1.807, 2.05) is 0 Å². The summed E-state index contributed by atoms with van der Waals surface area (Å²) >= 11 is 0. The molecule has 0 aliphatic carbocycles. The van der Waals surface area contributed by atoms with Crippen molar-refractivity contribution >= 4 is 0 Å². The molecule has 3 nitrogen and oxygen atoms in total. The number of hydrogen-bond donors (Lipinski definition) is 1. The second-order valence-corrected chi connectivity index (χ2v) is 6.52. The van der Waals surface area contributed by atoms with Crippen LogP contribution < -0.4 is 5.32 Å². The zero-order valence-corrected chi connectivity index (χ0v) is 13.2. The van der Waals surface area contributed by atoms with Crippen LogP contribution in [-0.4, -0.2) is 38.2 Å². The molecule has 3 heteroatoms. The summed E-state index contributed by atoms with van der Waals surface area (Å²) in [4.78, 5) is 2.26. The lowest BCUT2D eigenvalue weighted by molar-refractivity contribution is 0.0757. The maximum absolute atomic E-state index is 5.74. The third-order valence-electron chi connectivity index (χ3n) is 3.75. The second kappa shape index (κ2) is 7.21. The first-order chi connectivity index (χ1) is 9.56. The molecule has 1 aromatic carbocycles. The smallest absolute Gasteiger partial charge is 0.0721 e. The molecular weight excluding hydrogens is 248 g/mol. The highest BCUT2D eigenvalue weighted by Crippen LogP contribution is 2.25. The molecule has 2 unspecified atom stereocenters. The van der Waals surface area contributed by atoms with E-state index in [2.05, 4.69) is 62.4 Å². The molecule has 2 atom stereocenters. The molecule has 0 saturated heterocycles. The Kier molecular flexibility index (Phi) is 5.58. The fraction of sp³-hybridized carbons (Fsp3) is 0.647. The molecule has 1 N–H and O–H groups in total. The number of hydrogen-bond acceptors (Lipinski definition) is 3. The van der Waals surface area contributed by atoms with E-state index in [0.29, 0.717) is 18.0 Å². The molecule has 0 bridgehead atoms. The summed E-state index contributed by atoms with van der Waals surface area (Å²) < 4.78 is 5.74. The molecule has 0 fully saturated rings. The largest absolute Gasteiger partial charge is 0.375 e. The van der Waals surface area contributed by atoms with Gasteiger partial charge in [0.05, 0.1) is 19.3 Å². The number of nitrogens with one attached hydrogen (secondary N) is 1. The van der Waals surface area contributed by atoms with Gasteiger partial charge in [-0.3, -0.25) is 0 Å². The molecular formula is C17H28N2O. The highest BCUT2D eigenvalue weighted by molar-refractivity contribution is 5.31. The average Bonchev–Trinajstić information content (AvgIpc) is 2.37. The summed E-state index contributed by atoms with van der Waals surface area (Å²) in [5.74, 6) is 0.701. The van der Waals surface area contributed by atoms with Crippen molar-refractivity contribution in [2.24, 2.45) is 5.92 Å². The number of ether oxygens (including phenoxy) is 1. The van der Waals surface area contributed by atoms with Gasteiger partial charge >= 0.3 is 0 Å². The summed E-state index contributed by atoms with van der Waals surface area (Å²) in [6, 6.07) is 9.45. The van der Waals surface area contributed by atoms with Crippen molar-refractivity contribution in [2.75, 3.05) is 27.2 Å². The zero-order chi connectivity index (χ0) is 14.5. The van der Waals surface area contributed by atoms with Crippen LogP contribution >= 0.6 is 0 Å². The predicted octanol–water partition coefficient (Wildman–Crippen LogP) is 2.82. The first kappa shape index (κ1) is 15.5. The van der Waals surface area contributed by atoms with E-state index in [9.17, 15) is 0 Å². The van der Waals surface area contributed by atoms with Crippen LogP contribution in [0.5, 0.6) is 0 Å². The molecule has 20 heavy (non-hydrogen) atoms. The third-order valence-corrected chi connectivity index (χ3v) is 3.75. The quantitative estimate of drug-likeness (QED) is 0.864. The lowest BCUT2D eigenvalue weighted by Crippen LogP contribution is -2.43. The first-order valence-corrected chi connectivity index (χ1v) is 7.62. The van der Waals surface area contributed by atoms with Crippen LogP contribution in [0.15, 0.2) is 24.3 Å². The molecule has 1 aliphatic heterocycles. The van der Waals surface area contributed by atoms with E-state index in [4.69, 9.17) is 4.74 Å². The fourth-order valence-electron chi connectivity index (χ4n) is 3.01. The van der Waals surface area contributed by atoms with Gasteiger partial charge in [-0.05, 0) is 37.6 Å². The molecule has 2 rings (SSSR count). The average molecular weight is 276 g/mol. The lowest BCUT2D eigenvalue weighted by atomic mass is 9.96. The molecule has 0 aromatic heterocycles. The molecule has 1 aromatic rings. The Morgan fingerprint density at radius 2 is 2.05 bits per heavy atom. The minimum absolute atomic E-state index is 0.323. The summed E-state index contributed by atoms with van der Waals surface area (Å²) in [5.41, 5.74) is 2.73. The number of benzene rings is 1. The summed E-state index contributed by atoms with van der Waals surface area (Å²) in [5, 5.41) is 3.81. The van der Waals surface area contributed by atoms with Crippen molar-refractivity contribution in [3.63, 3.8) is 0 Å². The molecule has 0 saturated carbocycles. The van der Waals surface area contributed by atoms with E-state index < -0.39 is 0 Å². The monoisotopic (exact) mass is 276 g/mol. The highest BCUT2D eigenvalue weighted by Gasteiger charge is 2.23. The molecule has 0 radical (unpaired) electrons. The van der Waals surface area contributed by atoms with Crippen molar-refractivity contribution in [1.29, 1.82) is 0 Å². The van der Waals surface area contributed by atoms with Crippen LogP contribution in [0, 0.1) is 5.92 Å². The molecule has 0 spiro atoms. The van der Waals surface area contributed by atoms with Crippen LogP contribution in [0.2, 0.25) is 0 Å². The summed E-state index contributed by atoms with van der Waals surface area (Å²) in [7, 11) is 4.28. The maximum Gasteiger partial charge on any atom is 0.0721 e. The molecule has 0 amide bonds. The van der Waals surface area contributed by atoms with Crippen LogP contribution in [-0.2, 0) is 11.3 Å². The van der Waals surface area contributed by atoms with Crippen molar-refractivity contribution in [3.8, 4) is 0 Å². The van der Waals surface area contributed by atoms with Gasteiger partial charge in [-0.1, -0.05) is 38.1 Å². The van der Waals surface area contributed by atoms with Gasteiger partial charge in [0.2, 0.25) is 0 Å². The SMILES string of the molecule is CC(C)CC(CN(C)C)NC1COCc2ccccc21. The Morgan fingerprint density at radius 3 is 2.75 bits per heavy atom. The van der Waals surface area contributed by atoms with E-state index in [-0.39, 0.29) is 0 Å². The van der Waals surface area contributed by atoms with Gasteiger partial charge in [0, 0.05) is 12.6 Å². The van der Waals surface area contributed by atoms with Gasteiger partial charge in [-0.25, -0.2) is 0 Å². The van der Waals surface area contributed by atoms with E-state index in [0.717, 1.165) is 19.8 Å². The van der Waals surface area contributed by atoms with Crippen molar-refractivity contribution in [3.05, 3.63) is 35.4 Å². The van der Waals surface area contributed by atoms with Crippen molar-refractivity contribution in [1.82, 2.24) is 10.2 Å². The van der Waals surface area contributed by atoms with Gasteiger partial charge < -0.3 is 15.0 Å². The number of nitrogens with zero attached hydrogens (tertiary/aromatic N) is 1. The Balaban J connectivity index is 2.07. The van der Waals surface area contributed by atoms with Gasteiger partial charge in [-0.15, -0.1) is 0 Å². The predicted molar refractivity (Wildman–Crippen MR) is 83.8 cm³/mol. The highest BCUT2D eigenvalue weighted by atomic mass is 16.5. The third kappa shape index (κ3) is 4.30. The summed E-state index contributed by atoms with van der Waals surface area (Å²) in [6.45, 7) is 7.16. The van der Waals surface area contributed by atoms with E-state index in [1.54, 1.807) is 0 Å². The fourth-order valence-corrected chi connectivity index (χ4v) is 3.01. The van der Waals surface area contributed by atoms with Gasteiger partial charge in [0.15, 0.2) is 0 Å². The Bertz CT molecular complexity index is 407. The van der Waals surface area contributed by atoms with Crippen LogP contribution in [0.3, 0.4) is 0 Å². The molecule has 112 valence electrons. The maximum atomic E-state index is 5.74. The van der Waals surface area contributed by atoms with Crippen molar-refractivity contribution in [2.45, 2.75) is 39.0 Å². The molecule has 1 aliphatic rings. The summed E-state index contributed by atoms with van der Waals surface area (Å²) in [6.07, 6.45) is 1.19. The van der Waals surface area contributed by atoms with Crippen LogP contribution in [0.4, 0.5) is 0 Å².